The highest BCUT2D eigenvalue weighted by molar-refractivity contribution is 7.85. The first-order chi connectivity index (χ1) is 13.6. The molecular formula is C22H29N3O2S. The molecule has 0 aliphatic carbocycles. The normalized spacial score (nSPS) is 16.1. The average Bonchev–Trinajstić information content (AvgIpc) is 2.74. The number of nitrogens with one attached hydrogen (secondary N) is 1. The van der Waals surface area contributed by atoms with E-state index in [1.54, 1.807) is 0 Å². The number of urea groups is 1. The molecule has 1 aliphatic rings. The van der Waals surface area contributed by atoms with Gasteiger partial charge in [0.25, 0.3) is 0 Å². The summed E-state index contributed by atoms with van der Waals surface area (Å²) in [5.41, 5.74) is 0.834. The number of hydrogen-bond acceptors (Lipinski definition) is 3. The van der Waals surface area contributed by atoms with Crippen LogP contribution in [0.3, 0.4) is 0 Å². The molecule has 0 radical (unpaired) electrons. The second-order valence-corrected chi connectivity index (χ2v) is 8.92. The average molecular weight is 400 g/mol. The Bertz CT molecular complexity index is 762. The molecule has 1 aliphatic heterocycles. The molecule has 0 aromatic heterocycles. The van der Waals surface area contributed by atoms with Crippen molar-refractivity contribution in [1.82, 2.24) is 9.80 Å². The van der Waals surface area contributed by atoms with Crippen LogP contribution in [0.25, 0.3) is 0 Å². The van der Waals surface area contributed by atoms with Gasteiger partial charge in [-0.25, -0.2) is 4.79 Å². The quantitative estimate of drug-likeness (QED) is 0.773. The lowest BCUT2D eigenvalue weighted by Gasteiger charge is -2.34. The van der Waals surface area contributed by atoms with Crippen molar-refractivity contribution in [2.75, 3.05) is 44.3 Å². The summed E-state index contributed by atoms with van der Waals surface area (Å²) in [6, 6.07) is 19.2. The molecule has 2 aromatic rings. The molecule has 0 unspecified atom stereocenters. The van der Waals surface area contributed by atoms with Gasteiger partial charge in [0.1, 0.15) is 0 Å². The van der Waals surface area contributed by atoms with Crippen molar-refractivity contribution >= 4 is 22.5 Å². The number of carbonyl (C=O) groups is 1. The first kappa shape index (κ1) is 20.6. The lowest BCUT2D eigenvalue weighted by molar-refractivity contribution is 0.165. The van der Waals surface area contributed by atoms with Crippen LogP contribution in [0.4, 0.5) is 10.5 Å². The minimum atomic E-state index is -0.945. The summed E-state index contributed by atoms with van der Waals surface area (Å²) in [5.74, 6) is 1.23. The van der Waals surface area contributed by atoms with Gasteiger partial charge in [-0.15, -0.1) is 0 Å². The molecule has 0 bridgehead atoms. The number of amides is 2. The third kappa shape index (κ3) is 6.17. The molecule has 6 heteroatoms. The van der Waals surface area contributed by atoms with E-state index in [-0.39, 0.29) is 6.03 Å². The Balaban J connectivity index is 1.36. The topological polar surface area (TPSA) is 52.7 Å². The van der Waals surface area contributed by atoms with Gasteiger partial charge < -0.3 is 15.1 Å². The summed E-state index contributed by atoms with van der Waals surface area (Å²) in [6.07, 6.45) is 2.02. The molecule has 1 fully saturated rings. The maximum absolute atomic E-state index is 12.4. The van der Waals surface area contributed by atoms with Crippen LogP contribution >= 0.6 is 0 Å². The number of hydrogen-bond donors (Lipinski definition) is 1. The van der Waals surface area contributed by atoms with Crippen molar-refractivity contribution in [2.45, 2.75) is 17.7 Å². The Hall–Kier alpha value is -2.18. The van der Waals surface area contributed by atoms with Crippen LogP contribution in [0.5, 0.6) is 0 Å². The van der Waals surface area contributed by atoms with Crippen molar-refractivity contribution in [2.24, 2.45) is 5.92 Å². The van der Waals surface area contributed by atoms with Crippen LogP contribution in [0.2, 0.25) is 0 Å². The van der Waals surface area contributed by atoms with Crippen molar-refractivity contribution in [3.63, 3.8) is 0 Å². The Morgan fingerprint density at radius 3 is 2.32 bits per heavy atom. The molecule has 3 rings (SSSR count). The van der Waals surface area contributed by atoms with Crippen molar-refractivity contribution in [3.8, 4) is 0 Å². The van der Waals surface area contributed by atoms with Gasteiger partial charge in [0.15, 0.2) is 0 Å². The monoisotopic (exact) mass is 399 g/mol. The first-order valence-electron chi connectivity index (χ1n) is 9.85. The molecule has 1 heterocycles. The van der Waals surface area contributed by atoms with Crippen LogP contribution < -0.4 is 5.32 Å². The van der Waals surface area contributed by atoms with Gasteiger partial charge in [-0.2, -0.15) is 0 Å². The first-order valence-corrected chi connectivity index (χ1v) is 11.2. The number of carbonyl (C=O) groups excluding carboxylic acids is 1. The summed E-state index contributed by atoms with van der Waals surface area (Å²) >= 11 is 0. The molecule has 2 aromatic carbocycles. The van der Waals surface area contributed by atoms with Gasteiger partial charge in [-0.1, -0.05) is 36.4 Å². The summed E-state index contributed by atoms with van der Waals surface area (Å²) in [7, 11) is 1.15. The predicted molar refractivity (Wildman–Crippen MR) is 115 cm³/mol. The lowest BCUT2D eigenvalue weighted by atomic mass is 9.96. The van der Waals surface area contributed by atoms with E-state index in [0.717, 1.165) is 49.6 Å². The molecule has 150 valence electrons. The number of para-hydroxylation sites is 1. The van der Waals surface area contributed by atoms with Gasteiger partial charge in [0.05, 0.1) is 10.8 Å². The maximum atomic E-state index is 12.4. The van der Waals surface area contributed by atoms with Crippen LogP contribution in [0, 0.1) is 5.92 Å². The number of nitrogens with zero attached hydrogens (tertiary/aromatic N) is 2. The molecule has 2 amide bonds. The molecule has 1 atom stereocenters. The van der Waals surface area contributed by atoms with Gasteiger partial charge in [0.2, 0.25) is 0 Å². The molecule has 5 nitrogen and oxygen atoms in total. The van der Waals surface area contributed by atoms with E-state index in [0.29, 0.717) is 11.7 Å². The van der Waals surface area contributed by atoms with Crippen molar-refractivity contribution < 1.29 is 9.00 Å². The second kappa shape index (κ2) is 10.4. The van der Waals surface area contributed by atoms with Gasteiger partial charge in [-0.05, 0) is 50.1 Å². The van der Waals surface area contributed by atoms with Gasteiger partial charge >= 0.3 is 6.03 Å². The summed E-state index contributed by atoms with van der Waals surface area (Å²) in [6.45, 7) is 3.37. The Labute approximate surface area is 170 Å². The summed E-state index contributed by atoms with van der Waals surface area (Å²) in [5, 5.41) is 2.96. The van der Waals surface area contributed by atoms with E-state index in [2.05, 4.69) is 17.3 Å². The standard InChI is InChI=1S/C22H29N3O2S/c1-24(16-17-28(27)21-10-6-3-7-11-21)18-19-12-14-25(15-13-19)22(26)23-20-8-4-2-5-9-20/h2-11,19H,12-18H2,1H3,(H,23,26)/t28-/m1/s1. The Morgan fingerprint density at radius 2 is 1.68 bits per heavy atom. The molecule has 1 saturated heterocycles. The van der Waals surface area contributed by atoms with E-state index >= 15 is 0 Å². The minimum Gasteiger partial charge on any atom is -0.325 e. The largest absolute Gasteiger partial charge is 0.325 e. The number of likely N-dealkylation sites (tertiary alicyclic amines) is 1. The van der Waals surface area contributed by atoms with Crippen molar-refractivity contribution in [3.05, 3.63) is 60.7 Å². The Kier molecular flexibility index (Phi) is 7.62. The van der Waals surface area contributed by atoms with Crippen LogP contribution in [0.15, 0.2) is 65.6 Å². The Morgan fingerprint density at radius 1 is 1.07 bits per heavy atom. The van der Waals surface area contributed by atoms with E-state index in [1.807, 2.05) is 65.6 Å². The molecule has 28 heavy (non-hydrogen) atoms. The van der Waals surface area contributed by atoms with Crippen LogP contribution in [-0.2, 0) is 10.8 Å². The highest BCUT2D eigenvalue weighted by Gasteiger charge is 2.23. The predicted octanol–water partition coefficient (Wildman–Crippen LogP) is 3.67. The number of benzene rings is 2. The fourth-order valence-corrected chi connectivity index (χ4v) is 4.68. The summed E-state index contributed by atoms with van der Waals surface area (Å²) in [4.78, 5) is 17.4. The molecular weight excluding hydrogens is 370 g/mol. The zero-order chi connectivity index (χ0) is 19.8. The van der Waals surface area contributed by atoms with Gasteiger partial charge in [0, 0.05) is 42.5 Å². The fraction of sp³-hybridized carbons (Fsp3) is 0.409. The maximum Gasteiger partial charge on any atom is 0.321 e. The second-order valence-electron chi connectivity index (χ2n) is 7.35. The van der Waals surface area contributed by atoms with E-state index in [1.165, 1.54) is 0 Å². The number of rotatable bonds is 7. The minimum absolute atomic E-state index is 0.0173. The smallest absolute Gasteiger partial charge is 0.321 e. The lowest BCUT2D eigenvalue weighted by Crippen LogP contribution is -2.43. The third-order valence-corrected chi connectivity index (χ3v) is 6.51. The van der Waals surface area contributed by atoms with Crippen LogP contribution in [-0.4, -0.2) is 59.0 Å². The van der Waals surface area contributed by atoms with Gasteiger partial charge in [-0.3, -0.25) is 4.21 Å². The SMILES string of the molecule is CN(CC[S@@](=O)c1ccccc1)CC1CCN(C(=O)Nc2ccccc2)CC1. The van der Waals surface area contributed by atoms with E-state index in [9.17, 15) is 9.00 Å². The molecule has 0 spiro atoms. The highest BCUT2D eigenvalue weighted by Crippen LogP contribution is 2.19. The zero-order valence-electron chi connectivity index (χ0n) is 16.4. The number of anilines is 1. The molecule has 0 saturated carbocycles. The van der Waals surface area contributed by atoms with E-state index < -0.39 is 10.8 Å². The molecule has 1 N–H and O–H groups in total. The fourth-order valence-electron chi connectivity index (χ4n) is 3.50. The van der Waals surface area contributed by atoms with E-state index in [4.69, 9.17) is 0 Å². The van der Waals surface area contributed by atoms with Crippen molar-refractivity contribution in [1.29, 1.82) is 0 Å². The highest BCUT2D eigenvalue weighted by atomic mass is 32.2. The third-order valence-electron chi connectivity index (χ3n) is 5.16. The summed E-state index contributed by atoms with van der Waals surface area (Å²) < 4.78 is 12.3. The van der Waals surface area contributed by atoms with Crippen LogP contribution in [0.1, 0.15) is 12.8 Å². The zero-order valence-corrected chi connectivity index (χ0v) is 17.2. The number of piperidine rings is 1.